The number of hydrogen-bond donors (Lipinski definition) is 2. The van der Waals surface area contributed by atoms with Crippen LogP contribution in [0.4, 0.5) is 11.4 Å². The molecule has 0 saturated carbocycles. The molecule has 31 heavy (non-hydrogen) atoms. The second kappa shape index (κ2) is 7.75. The van der Waals surface area contributed by atoms with Crippen LogP contribution in [0.15, 0.2) is 48.7 Å². The van der Waals surface area contributed by atoms with Gasteiger partial charge in [0.05, 0.1) is 15.8 Å². The number of nitrogens with two attached hydrogens (primary N) is 1. The number of piperazine rings is 1. The Morgan fingerprint density at radius 3 is 2.23 bits per heavy atom. The molecule has 4 rings (SSSR count). The van der Waals surface area contributed by atoms with Crippen LogP contribution >= 0.6 is 0 Å². The molecule has 0 aliphatic carbocycles. The molecule has 9 nitrogen and oxygen atoms in total. The quantitative estimate of drug-likeness (QED) is 0.371. The molecule has 0 unspecified atom stereocenters. The number of nitro groups is 1. The van der Waals surface area contributed by atoms with E-state index in [0.717, 1.165) is 5.56 Å². The molecule has 1 aromatic heterocycles. The molecule has 1 aliphatic heterocycles. The van der Waals surface area contributed by atoms with Crippen LogP contribution < -0.4 is 5.73 Å². The van der Waals surface area contributed by atoms with Gasteiger partial charge in [-0.1, -0.05) is 18.2 Å². The fraction of sp³-hybridized carbons (Fsp3) is 0.273. The minimum atomic E-state index is -0.737. The fourth-order valence-corrected chi connectivity index (χ4v) is 4.19. The zero-order chi connectivity index (χ0) is 22.3. The van der Waals surface area contributed by atoms with Crippen LogP contribution in [0.25, 0.3) is 10.9 Å². The molecule has 0 radical (unpaired) electrons. The molecule has 1 fully saturated rings. The fourth-order valence-electron chi connectivity index (χ4n) is 4.19. The van der Waals surface area contributed by atoms with E-state index >= 15 is 0 Å². The predicted octanol–water partition coefficient (Wildman–Crippen LogP) is 2.11. The van der Waals surface area contributed by atoms with Crippen LogP contribution in [0.2, 0.25) is 0 Å². The molecule has 2 aromatic carbocycles. The van der Waals surface area contributed by atoms with E-state index in [1.807, 2.05) is 12.1 Å². The second-order valence-corrected chi connectivity index (χ2v) is 7.85. The highest BCUT2D eigenvalue weighted by molar-refractivity contribution is 5.98. The summed E-state index contributed by atoms with van der Waals surface area (Å²) in [5.41, 5.74) is 8.49. The highest BCUT2D eigenvalue weighted by atomic mass is 16.6. The number of nitrogens with zero attached hydrogens (tertiary/aromatic N) is 3. The van der Waals surface area contributed by atoms with E-state index in [-0.39, 0.29) is 23.9 Å². The number of rotatable bonds is 5. The average molecular weight is 421 g/mol. The standard InChI is InChI=1S/C22H23N5O4/c1-25-18(10-13-6-8-15(23)9-7-13)21(28)26(2)19(22(25)29)11-14-12-24-16-4-3-5-17(20(14)16)27(30)31/h3-9,12,18-19,24H,10-11,23H2,1-2H3/t18-,19-/m0/s1. The lowest BCUT2D eigenvalue weighted by atomic mass is 9.95. The number of amides is 2. The minimum absolute atomic E-state index is 0.0273. The lowest BCUT2D eigenvalue weighted by Crippen LogP contribution is -2.63. The van der Waals surface area contributed by atoms with Crippen molar-refractivity contribution >= 4 is 34.1 Å². The summed E-state index contributed by atoms with van der Waals surface area (Å²) in [7, 11) is 3.23. The Morgan fingerprint density at radius 1 is 1.00 bits per heavy atom. The summed E-state index contributed by atoms with van der Waals surface area (Å²) >= 11 is 0. The maximum Gasteiger partial charge on any atom is 0.279 e. The van der Waals surface area contributed by atoms with Crippen molar-refractivity contribution < 1.29 is 14.5 Å². The number of benzene rings is 2. The van der Waals surface area contributed by atoms with Crippen molar-refractivity contribution in [3.8, 4) is 0 Å². The lowest BCUT2D eigenvalue weighted by molar-refractivity contribution is -0.383. The molecule has 1 saturated heterocycles. The number of fused-ring (bicyclic) bond motifs is 1. The van der Waals surface area contributed by atoms with Crippen LogP contribution in [0.1, 0.15) is 11.1 Å². The monoisotopic (exact) mass is 421 g/mol. The largest absolute Gasteiger partial charge is 0.399 e. The number of likely N-dealkylation sites (N-methyl/N-ethyl adjacent to an activating group) is 2. The first kappa shape index (κ1) is 20.4. The van der Waals surface area contributed by atoms with Gasteiger partial charge < -0.3 is 20.5 Å². The summed E-state index contributed by atoms with van der Waals surface area (Å²) in [6, 6.07) is 10.7. The van der Waals surface area contributed by atoms with Gasteiger partial charge in [-0.3, -0.25) is 19.7 Å². The van der Waals surface area contributed by atoms with Gasteiger partial charge in [0, 0.05) is 44.9 Å². The zero-order valence-electron chi connectivity index (χ0n) is 17.2. The van der Waals surface area contributed by atoms with Crippen molar-refractivity contribution in [1.82, 2.24) is 14.8 Å². The van der Waals surface area contributed by atoms with Gasteiger partial charge in [0.1, 0.15) is 12.1 Å². The van der Waals surface area contributed by atoms with Gasteiger partial charge >= 0.3 is 0 Å². The average Bonchev–Trinajstić information content (AvgIpc) is 3.17. The summed E-state index contributed by atoms with van der Waals surface area (Å²) in [4.78, 5) is 43.3. The lowest BCUT2D eigenvalue weighted by Gasteiger charge is -2.42. The van der Waals surface area contributed by atoms with Gasteiger partial charge in [0.15, 0.2) is 0 Å². The number of aromatic nitrogens is 1. The van der Waals surface area contributed by atoms with Gasteiger partial charge in [-0.15, -0.1) is 0 Å². The van der Waals surface area contributed by atoms with E-state index < -0.39 is 17.0 Å². The number of aromatic amines is 1. The molecule has 2 atom stereocenters. The Hall–Kier alpha value is -3.88. The van der Waals surface area contributed by atoms with E-state index in [0.29, 0.717) is 28.6 Å². The van der Waals surface area contributed by atoms with Crippen molar-refractivity contribution in [3.05, 3.63) is 69.9 Å². The first-order valence-corrected chi connectivity index (χ1v) is 9.89. The Kier molecular flexibility index (Phi) is 5.10. The summed E-state index contributed by atoms with van der Waals surface area (Å²) in [6.07, 6.45) is 2.24. The molecule has 0 bridgehead atoms. The van der Waals surface area contributed by atoms with Gasteiger partial charge in [-0.05, 0) is 29.3 Å². The second-order valence-electron chi connectivity index (χ2n) is 7.85. The van der Waals surface area contributed by atoms with Gasteiger partial charge in [0.2, 0.25) is 11.8 Å². The smallest absolute Gasteiger partial charge is 0.279 e. The number of hydrogen-bond acceptors (Lipinski definition) is 5. The van der Waals surface area contributed by atoms with Crippen molar-refractivity contribution in [3.63, 3.8) is 0 Å². The van der Waals surface area contributed by atoms with Crippen molar-refractivity contribution in [2.75, 3.05) is 19.8 Å². The number of nitrogen functional groups attached to an aromatic ring is 1. The SMILES string of the molecule is CN1C(=O)[C@H](Cc2c[nH]c3cccc([N+](=O)[O-])c23)N(C)C(=O)[C@@H]1Cc1ccc(N)cc1. The van der Waals surface area contributed by atoms with Crippen molar-refractivity contribution in [2.45, 2.75) is 24.9 Å². The zero-order valence-corrected chi connectivity index (χ0v) is 17.2. The maximum absolute atomic E-state index is 13.2. The van der Waals surface area contributed by atoms with Gasteiger partial charge in [-0.2, -0.15) is 0 Å². The summed E-state index contributed by atoms with van der Waals surface area (Å²) in [5, 5.41) is 11.9. The topological polar surface area (TPSA) is 126 Å². The molecular weight excluding hydrogens is 398 g/mol. The molecule has 2 amide bonds. The molecule has 0 spiro atoms. The van der Waals surface area contributed by atoms with Gasteiger partial charge in [0.25, 0.3) is 5.69 Å². The maximum atomic E-state index is 13.2. The Morgan fingerprint density at radius 2 is 1.61 bits per heavy atom. The summed E-state index contributed by atoms with van der Waals surface area (Å²) in [5.74, 6) is -0.367. The van der Waals surface area contributed by atoms with E-state index in [1.54, 1.807) is 44.6 Å². The van der Waals surface area contributed by atoms with Crippen molar-refractivity contribution in [2.24, 2.45) is 0 Å². The number of H-pyrrole nitrogens is 1. The van der Waals surface area contributed by atoms with E-state index in [9.17, 15) is 19.7 Å². The number of nitrogens with one attached hydrogen (secondary N) is 1. The van der Waals surface area contributed by atoms with Gasteiger partial charge in [-0.25, -0.2) is 0 Å². The van der Waals surface area contributed by atoms with Crippen LogP contribution in [0, 0.1) is 10.1 Å². The third-order valence-electron chi connectivity index (χ3n) is 5.98. The number of carbonyl (C=O) groups is 2. The van der Waals surface area contributed by atoms with Crippen LogP contribution in [-0.4, -0.2) is 57.7 Å². The summed E-state index contributed by atoms with van der Waals surface area (Å²) < 4.78 is 0. The highest BCUT2D eigenvalue weighted by Crippen LogP contribution is 2.31. The Labute approximate surface area is 178 Å². The molecule has 3 aromatic rings. The molecule has 1 aliphatic rings. The Bertz CT molecular complexity index is 1170. The van der Waals surface area contributed by atoms with E-state index in [2.05, 4.69) is 4.98 Å². The van der Waals surface area contributed by atoms with E-state index in [4.69, 9.17) is 5.73 Å². The highest BCUT2D eigenvalue weighted by Gasteiger charge is 2.42. The first-order chi connectivity index (χ1) is 14.8. The Balaban J connectivity index is 1.61. The third-order valence-corrected chi connectivity index (χ3v) is 5.98. The minimum Gasteiger partial charge on any atom is -0.399 e. The van der Waals surface area contributed by atoms with Crippen LogP contribution in [0.3, 0.4) is 0 Å². The predicted molar refractivity (Wildman–Crippen MR) is 116 cm³/mol. The third kappa shape index (κ3) is 3.58. The molecule has 9 heteroatoms. The number of non-ortho nitro benzene ring substituents is 1. The molecule has 3 N–H and O–H groups in total. The van der Waals surface area contributed by atoms with Crippen molar-refractivity contribution in [1.29, 1.82) is 0 Å². The first-order valence-electron chi connectivity index (χ1n) is 9.89. The molecular formula is C22H23N5O4. The molecule has 160 valence electrons. The number of carbonyl (C=O) groups excluding carboxylic acids is 2. The number of nitro benzene ring substituents is 1. The summed E-state index contributed by atoms with van der Waals surface area (Å²) in [6.45, 7) is 0. The van der Waals surface area contributed by atoms with E-state index in [1.165, 1.54) is 15.9 Å². The number of anilines is 1. The molecule has 2 heterocycles. The van der Waals surface area contributed by atoms with Crippen LogP contribution in [0.5, 0.6) is 0 Å². The normalized spacial score (nSPS) is 19.3. The van der Waals surface area contributed by atoms with Crippen LogP contribution in [-0.2, 0) is 22.4 Å².